The number of aliphatic hydroxyl groups excluding tert-OH is 1. The molecule has 20 heavy (non-hydrogen) atoms. The third kappa shape index (κ3) is 3.40. The van der Waals surface area contributed by atoms with E-state index in [1.807, 2.05) is 0 Å². The van der Waals surface area contributed by atoms with Gasteiger partial charge in [-0.1, -0.05) is 43.7 Å². The van der Waals surface area contributed by atoms with Crippen LogP contribution in [0.4, 0.5) is 0 Å². The van der Waals surface area contributed by atoms with Gasteiger partial charge in [-0.25, -0.2) is 0 Å². The van der Waals surface area contributed by atoms with Crippen molar-refractivity contribution in [1.82, 2.24) is 4.90 Å². The molecule has 0 aromatic heterocycles. The molecule has 0 aliphatic carbocycles. The van der Waals surface area contributed by atoms with Crippen molar-refractivity contribution in [2.24, 2.45) is 11.7 Å². The monoisotopic (exact) mass is 276 g/mol. The quantitative estimate of drug-likeness (QED) is 0.888. The number of nitrogens with two attached hydrogens (primary N) is 1. The minimum atomic E-state index is -0.235. The highest BCUT2D eigenvalue weighted by molar-refractivity contribution is 5.25. The van der Waals surface area contributed by atoms with Crippen LogP contribution in [0.25, 0.3) is 0 Å². The van der Waals surface area contributed by atoms with Crippen LogP contribution in [-0.2, 0) is 0 Å². The van der Waals surface area contributed by atoms with Crippen molar-refractivity contribution in [2.45, 2.75) is 51.8 Å². The average molecular weight is 276 g/mol. The molecule has 3 nitrogen and oxygen atoms in total. The van der Waals surface area contributed by atoms with Crippen molar-refractivity contribution < 1.29 is 5.11 Å². The summed E-state index contributed by atoms with van der Waals surface area (Å²) in [7, 11) is 0. The highest BCUT2D eigenvalue weighted by atomic mass is 16.3. The molecule has 0 bridgehead atoms. The van der Waals surface area contributed by atoms with E-state index in [0.29, 0.717) is 5.92 Å². The fourth-order valence-corrected chi connectivity index (χ4v) is 3.04. The Bertz CT molecular complexity index is 418. The number of aryl methyl sites for hydroxylation is 1. The molecule has 1 fully saturated rings. The summed E-state index contributed by atoms with van der Waals surface area (Å²) >= 11 is 0. The van der Waals surface area contributed by atoms with Crippen LogP contribution in [0, 0.1) is 12.8 Å². The maximum Gasteiger partial charge on any atom is 0.0693 e. The summed E-state index contributed by atoms with van der Waals surface area (Å²) in [5, 5.41) is 10.2. The molecule has 4 atom stereocenters. The molecule has 0 spiro atoms. The van der Waals surface area contributed by atoms with Crippen LogP contribution in [0.5, 0.6) is 0 Å². The van der Waals surface area contributed by atoms with Crippen LogP contribution in [-0.4, -0.2) is 35.2 Å². The molecule has 112 valence electrons. The lowest BCUT2D eigenvalue weighted by Crippen LogP contribution is -2.49. The molecule has 3 N–H and O–H groups in total. The number of β-amino-alcohol motifs (C(OH)–C–C–N with tert-alkyl or cyclic N) is 1. The molecule has 4 unspecified atom stereocenters. The van der Waals surface area contributed by atoms with Gasteiger partial charge in [0.05, 0.1) is 6.10 Å². The number of piperidine rings is 1. The Morgan fingerprint density at radius 2 is 2.00 bits per heavy atom. The first-order valence-electron chi connectivity index (χ1n) is 7.77. The lowest BCUT2D eigenvalue weighted by molar-refractivity contribution is 0.00396. The zero-order chi connectivity index (χ0) is 14.7. The van der Waals surface area contributed by atoms with Gasteiger partial charge in [-0.15, -0.1) is 0 Å². The average Bonchev–Trinajstić information content (AvgIpc) is 2.45. The molecule has 1 heterocycles. The fourth-order valence-electron chi connectivity index (χ4n) is 3.04. The SMILES string of the molecule is CCC(N)C(c1ccc(C)cc1)N1CCC(C)C(O)C1. The Morgan fingerprint density at radius 1 is 1.35 bits per heavy atom. The molecule has 1 aliphatic rings. The molecular weight excluding hydrogens is 248 g/mol. The van der Waals surface area contributed by atoms with E-state index in [1.165, 1.54) is 11.1 Å². The summed E-state index contributed by atoms with van der Waals surface area (Å²) in [6.07, 6.45) is 1.75. The lowest BCUT2D eigenvalue weighted by atomic mass is 9.90. The smallest absolute Gasteiger partial charge is 0.0693 e. The van der Waals surface area contributed by atoms with Crippen molar-refractivity contribution in [3.63, 3.8) is 0 Å². The highest BCUT2D eigenvalue weighted by Gasteiger charge is 2.32. The molecule has 2 rings (SSSR count). The summed E-state index contributed by atoms with van der Waals surface area (Å²) in [5.41, 5.74) is 8.91. The van der Waals surface area contributed by atoms with Crippen molar-refractivity contribution in [1.29, 1.82) is 0 Å². The van der Waals surface area contributed by atoms with Gasteiger partial charge in [0.15, 0.2) is 0 Å². The van der Waals surface area contributed by atoms with Crippen molar-refractivity contribution in [2.75, 3.05) is 13.1 Å². The van der Waals surface area contributed by atoms with Gasteiger partial charge < -0.3 is 10.8 Å². The first-order valence-corrected chi connectivity index (χ1v) is 7.77. The van der Waals surface area contributed by atoms with Crippen LogP contribution < -0.4 is 5.73 Å². The summed E-state index contributed by atoms with van der Waals surface area (Å²) in [6.45, 7) is 8.11. The van der Waals surface area contributed by atoms with Crippen LogP contribution in [0.2, 0.25) is 0 Å². The standard InChI is InChI=1S/C17H28N2O/c1-4-15(18)17(14-7-5-12(2)6-8-14)19-10-9-13(3)16(20)11-19/h5-8,13,15-17,20H,4,9-11,18H2,1-3H3. The Balaban J connectivity index is 2.21. The second-order valence-corrected chi connectivity index (χ2v) is 6.26. The number of rotatable bonds is 4. The number of hydrogen-bond acceptors (Lipinski definition) is 3. The van der Waals surface area contributed by atoms with E-state index >= 15 is 0 Å². The Labute approximate surface area is 122 Å². The van der Waals surface area contributed by atoms with Crippen molar-refractivity contribution in [3.8, 4) is 0 Å². The van der Waals surface area contributed by atoms with E-state index in [-0.39, 0.29) is 18.2 Å². The zero-order valence-corrected chi connectivity index (χ0v) is 12.9. The molecule has 1 saturated heterocycles. The molecular formula is C17H28N2O. The van der Waals surface area contributed by atoms with Gasteiger partial charge >= 0.3 is 0 Å². The van der Waals surface area contributed by atoms with Crippen LogP contribution in [0.1, 0.15) is 43.9 Å². The zero-order valence-electron chi connectivity index (χ0n) is 12.9. The summed E-state index contributed by atoms with van der Waals surface area (Å²) in [6, 6.07) is 8.97. The molecule has 1 aliphatic heterocycles. The van der Waals surface area contributed by atoms with Gasteiger partial charge in [0, 0.05) is 18.6 Å². The van der Waals surface area contributed by atoms with E-state index in [2.05, 4.69) is 49.9 Å². The van der Waals surface area contributed by atoms with Crippen molar-refractivity contribution in [3.05, 3.63) is 35.4 Å². The molecule has 1 aromatic rings. The van der Waals surface area contributed by atoms with Crippen LogP contribution in [0.15, 0.2) is 24.3 Å². The number of benzene rings is 1. The first-order chi connectivity index (χ1) is 9.52. The first kappa shape index (κ1) is 15.5. The number of aliphatic hydroxyl groups is 1. The normalized spacial score (nSPS) is 27.2. The summed E-state index contributed by atoms with van der Waals surface area (Å²) in [5.74, 6) is 0.391. The minimum Gasteiger partial charge on any atom is -0.392 e. The molecule has 3 heteroatoms. The van der Waals surface area contributed by atoms with Gasteiger partial charge in [-0.3, -0.25) is 4.90 Å². The Hall–Kier alpha value is -0.900. The minimum absolute atomic E-state index is 0.110. The molecule has 0 radical (unpaired) electrons. The Morgan fingerprint density at radius 3 is 2.55 bits per heavy atom. The number of hydrogen-bond donors (Lipinski definition) is 2. The summed E-state index contributed by atoms with van der Waals surface area (Å²) in [4.78, 5) is 2.36. The fraction of sp³-hybridized carbons (Fsp3) is 0.647. The van der Waals surface area contributed by atoms with Crippen molar-refractivity contribution >= 4 is 0 Å². The third-order valence-corrected chi connectivity index (χ3v) is 4.64. The van der Waals surface area contributed by atoms with Gasteiger partial charge in [0.1, 0.15) is 0 Å². The van der Waals surface area contributed by atoms with Gasteiger partial charge in [0.2, 0.25) is 0 Å². The van der Waals surface area contributed by atoms with Gasteiger partial charge in [-0.05, 0) is 37.8 Å². The maximum absolute atomic E-state index is 10.2. The maximum atomic E-state index is 10.2. The third-order valence-electron chi connectivity index (χ3n) is 4.64. The summed E-state index contributed by atoms with van der Waals surface area (Å²) < 4.78 is 0. The predicted octanol–water partition coefficient (Wildman–Crippen LogP) is 2.48. The van der Waals surface area contributed by atoms with E-state index in [0.717, 1.165) is 25.9 Å². The molecule has 0 amide bonds. The van der Waals surface area contributed by atoms with E-state index < -0.39 is 0 Å². The Kier molecular flexibility index (Phi) is 5.19. The highest BCUT2D eigenvalue weighted by Crippen LogP contribution is 2.30. The number of likely N-dealkylation sites (tertiary alicyclic amines) is 1. The van der Waals surface area contributed by atoms with Crippen LogP contribution >= 0.6 is 0 Å². The van der Waals surface area contributed by atoms with Gasteiger partial charge in [-0.2, -0.15) is 0 Å². The molecule has 0 saturated carbocycles. The van der Waals surface area contributed by atoms with E-state index in [1.54, 1.807) is 0 Å². The lowest BCUT2D eigenvalue weighted by Gasteiger charge is -2.41. The van der Waals surface area contributed by atoms with Gasteiger partial charge in [0.25, 0.3) is 0 Å². The largest absolute Gasteiger partial charge is 0.392 e. The second-order valence-electron chi connectivity index (χ2n) is 6.26. The predicted molar refractivity (Wildman–Crippen MR) is 83.5 cm³/mol. The second kappa shape index (κ2) is 6.70. The molecule has 1 aromatic carbocycles. The number of nitrogens with zero attached hydrogens (tertiary/aromatic N) is 1. The van der Waals surface area contributed by atoms with E-state index in [4.69, 9.17) is 5.73 Å². The topological polar surface area (TPSA) is 49.5 Å². The van der Waals surface area contributed by atoms with Crippen LogP contribution in [0.3, 0.4) is 0 Å². The van der Waals surface area contributed by atoms with E-state index in [9.17, 15) is 5.11 Å².